The van der Waals surface area contributed by atoms with Gasteiger partial charge in [0.25, 0.3) is 0 Å². The first-order valence-electron chi connectivity index (χ1n) is 6.44. The second kappa shape index (κ2) is 6.33. The Bertz CT molecular complexity index is 474. The van der Waals surface area contributed by atoms with Crippen molar-refractivity contribution in [1.82, 2.24) is 10.6 Å². The van der Waals surface area contributed by atoms with E-state index in [2.05, 4.69) is 10.6 Å². The van der Waals surface area contributed by atoms with E-state index in [1.165, 1.54) is 0 Å². The van der Waals surface area contributed by atoms with E-state index in [9.17, 15) is 9.59 Å². The average molecular weight is 262 g/mol. The average Bonchev–Trinajstić information content (AvgIpc) is 2.44. The molecular formula is C14H18N2O3. The topological polar surface area (TPSA) is 67.4 Å². The summed E-state index contributed by atoms with van der Waals surface area (Å²) in [7, 11) is 0. The Hall–Kier alpha value is -1.88. The van der Waals surface area contributed by atoms with Gasteiger partial charge in [-0.1, -0.05) is 24.3 Å². The Morgan fingerprint density at radius 3 is 3.00 bits per heavy atom. The molecule has 0 saturated heterocycles. The Labute approximate surface area is 112 Å². The molecule has 0 spiro atoms. The Kier molecular flexibility index (Phi) is 4.52. The highest BCUT2D eigenvalue weighted by atomic mass is 16.5. The van der Waals surface area contributed by atoms with E-state index < -0.39 is 5.97 Å². The van der Waals surface area contributed by atoms with Gasteiger partial charge in [0, 0.05) is 13.1 Å². The van der Waals surface area contributed by atoms with Crippen LogP contribution in [0, 0.1) is 0 Å². The largest absolute Gasteiger partial charge is 0.465 e. The lowest BCUT2D eigenvalue weighted by Gasteiger charge is -2.25. The minimum absolute atomic E-state index is 0.0780. The van der Waals surface area contributed by atoms with Crippen LogP contribution in [0.1, 0.15) is 24.0 Å². The van der Waals surface area contributed by atoms with Crippen molar-refractivity contribution >= 4 is 11.9 Å². The number of hydrogen-bond donors (Lipinski definition) is 2. The molecule has 19 heavy (non-hydrogen) atoms. The molecule has 1 atom stereocenters. The van der Waals surface area contributed by atoms with Gasteiger partial charge < -0.3 is 15.4 Å². The molecule has 1 aromatic rings. The van der Waals surface area contributed by atoms with Crippen LogP contribution in [0.2, 0.25) is 0 Å². The van der Waals surface area contributed by atoms with E-state index in [0.717, 1.165) is 17.7 Å². The summed E-state index contributed by atoms with van der Waals surface area (Å²) < 4.78 is 4.78. The van der Waals surface area contributed by atoms with Gasteiger partial charge in [-0.3, -0.25) is 9.59 Å². The summed E-state index contributed by atoms with van der Waals surface area (Å²) >= 11 is 0. The number of hydrogen-bond acceptors (Lipinski definition) is 4. The van der Waals surface area contributed by atoms with Crippen LogP contribution < -0.4 is 10.6 Å². The third kappa shape index (κ3) is 3.32. The molecule has 1 aliphatic heterocycles. The highest BCUT2D eigenvalue weighted by Gasteiger charge is 2.26. The molecule has 102 valence electrons. The number of amides is 1. The molecule has 2 N–H and O–H groups in total. The SMILES string of the molecule is CCOC(=O)CNC(=O)C1CNCc2ccccc21. The Morgan fingerprint density at radius 1 is 1.42 bits per heavy atom. The first-order chi connectivity index (χ1) is 9.22. The minimum atomic E-state index is -0.409. The number of esters is 1. The maximum atomic E-state index is 12.1. The molecule has 1 unspecified atom stereocenters. The van der Waals surface area contributed by atoms with Crippen molar-refractivity contribution in [3.05, 3.63) is 35.4 Å². The molecule has 0 fully saturated rings. The zero-order valence-electron chi connectivity index (χ0n) is 10.9. The van der Waals surface area contributed by atoms with Crippen LogP contribution in [-0.4, -0.2) is 31.6 Å². The predicted octanol–water partition coefficient (Wildman–Crippen LogP) is 0.553. The van der Waals surface area contributed by atoms with E-state index in [0.29, 0.717) is 13.2 Å². The van der Waals surface area contributed by atoms with Gasteiger partial charge in [-0.2, -0.15) is 0 Å². The first-order valence-corrected chi connectivity index (χ1v) is 6.44. The molecule has 0 saturated carbocycles. The van der Waals surface area contributed by atoms with Crippen LogP contribution in [0.25, 0.3) is 0 Å². The number of carbonyl (C=O) groups excluding carboxylic acids is 2. The first kappa shape index (κ1) is 13.5. The van der Waals surface area contributed by atoms with Crippen LogP contribution in [0.3, 0.4) is 0 Å². The van der Waals surface area contributed by atoms with Gasteiger partial charge in [-0.15, -0.1) is 0 Å². The van der Waals surface area contributed by atoms with Crippen molar-refractivity contribution in [2.24, 2.45) is 0 Å². The maximum absolute atomic E-state index is 12.1. The molecule has 1 aliphatic rings. The molecule has 2 rings (SSSR count). The van der Waals surface area contributed by atoms with E-state index in [-0.39, 0.29) is 18.4 Å². The number of nitrogens with one attached hydrogen (secondary N) is 2. The summed E-state index contributed by atoms with van der Waals surface area (Å²) in [5.41, 5.74) is 2.16. The molecule has 1 heterocycles. The number of ether oxygens (including phenoxy) is 1. The fraction of sp³-hybridized carbons (Fsp3) is 0.429. The lowest BCUT2D eigenvalue weighted by molar-refractivity contribution is -0.143. The van der Waals surface area contributed by atoms with Crippen molar-refractivity contribution < 1.29 is 14.3 Å². The lowest BCUT2D eigenvalue weighted by atomic mass is 9.90. The van der Waals surface area contributed by atoms with Gasteiger partial charge in [-0.05, 0) is 18.1 Å². The summed E-state index contributed by atoms with van der Waals surface area (Å²) in [5, 5.41) is 5.83. The van der Waals surface area contributed by atoms with Crippen molar-refractivity contribution in [2.45, 2.75) is 19.4 Å². The van der Waals surface area contributed by atoms with Gasteiger partial charge in [0.15, 0.2) is 0 Å². The summed E-state index contributed by atoms with van der Waals surface area (Å²) in [6.45, 7) is 3.35. The minimum Gasteiger partial charge on any atom is -0.465 e. The molecule has 5 heteroatoms. The van der Waals surface area contributed by atoms with Crippen LogP contribution in [-0.2, 0) is 20.9 Å². The molecule has 0 bridgehead atoms. The van der Waals surface area contributed by atoms with Crippen LogP contribution >= 0.6 is 0 Å². The Balaban J connectivity index is 1.99. The standard InChI is InChI=1S/C14H18N2O3/c1-2-19-13(17)9-16-14(18)12-8-15-7-10-5-3-4-6-11(10)12/h3-6,12,15H,2,7-9H2,1H3,(H,16,18). The van der Waals surface area contributed by atoms with Crippen molar-refractivity contribution in [3.8, 4) is 0 Å². The van der Waals surface area contributed by atoms with E-state index in [1.807, 2.05) is 24.3 Å². The molecule has 0 radical (unpaired) electrons. The van der Waals surface area contributed by atoms with Gasteiger partial charge in [0.05, 0.1) is 12.5 Å². The fourth-order valence-electron chi connectivity index (χ4n) is 2.22. The summed E-state index contributed by atoms with van der Waals surface area (Å²) in [6, 6.07) is 7.85. The van der Waals surface area contributed by atoms with Crippen molar-refractivity contribution in [1.29, 1.82) is 0 Å². The molecule has 1 aromatic carbocycles. The Morgan fingerprint density at radius 2 is 2.21 bits per heavy atom. The number of benzene rings is 1. The molecule has 0 aromatic heterocycles. The highest BCUT2D eigenvalue weighted by Crippen LogP contribution is 2.23. The number of carbonyl (C=O) groups is 2. The highest BCUT2D eigenvalue weighted by molar-refractivity contribution is 5.87. The second-order valence-electron chi connectivity index (χ2n) is 4.41. The normalized spacial score (nSPS) is 17.4. The molecule has 0 aliphatic carbocycles. The van der Waals surface area contributed by atoms with Crippen LogP contribution in [0.4, 0.5) is 0 Å². The second-order valence-corrected chi connectivity index (χ2v) is 4.41. The molecule has 5 nitrogen and oxygen atoms in total. The van der Waals surface area contributed by atoms with Gasteiger partial charge >= 0.3 is 5.97 Å². The predicted molar refractivity (Wildman–Crippen MR) is 70.5 cm³/mol. The van der Waals surface area contributed by atoms with Gasteiger partial charge in [0.1, 0.15) is 6.54 Å². The van der Waals surface area contributed by atoms with Crippen LogP contribution in [0.5, 0.6) is 0 Å². The maximum Gasteiger partial charge on any atom is 0.325 e. The van der Waals surface area contributed by atoms with E-state index in [1.54, 1.807) is 6.92 Å². The van der Waals surface area contributed by atoms with Crippen molar-refractivity contribution in [3.63, 3.8) is 0 Å². The molecule has 1 amide bonds. The third-order valence-electron chi connectivity index (χ3n) is 3.12. The summed E-state index contributed by atoms with van der Waals surface area (Å²) in [5.74, 6) is -0.806. The zero-order chi connectivity index (χ0) is 13.7. The lowest BCUT2D eigenvalue weighted by Crippen LogP contribution is -2.40. The van der Waals surface area contributed by atoms with Crippen LogP contribution in [0.15, 0.2) is 24.3 Å². The molecular weight excluding hydrogens is 244 g/mol. The van der Waals surface area contributed by atoms with Gasteiger partial charge in [0.2, 0.25) is 5.91 Å². The fourth-order valence-corrected chi connectivity index (χ4v) is 2.22. The monoisotopic (exact) mass is 262 g/mol. The smallest absolute Gasteiger partial charge is 0.325 e. The quantitative estimate of drug-likeness (QED) is 0.778. The van der Waals surface area contributed by atoms with Crippen molar-refractivity contribution in [2.75, 3.05) is 19.7 Å². The third-order valence-corrected chi connectivity index (χ3v) is 3.12. The van der Waals surface area contributed by atoms with E-state index >= 15 is 0 Å². The summed E-state index contributed by atoms with van der Waals surface area (Å²) in [4.78, 5) is 23.3. The number of fused-ring (bicyclic) bond motifs is 1. The number of rotatable bonds is 4. The van der Waals surface area contributed by atoms with E-state index in [4.69, 9.17) is 4.74 Å². The summed E-state index contributed by atoms with van der Waals surface area (Å²) in [6.07, 6.45) is 0. The zero-order valence-corrected chi connectivity index (χ0v) is 10.9. The van der Waals surface area contributed by atoms with Gasteiger partial charge in [-0.25, -0.2) is 0 Å².